The number of fused-ring (bicyclic) bond motifs is 1. The smallest absolute Gasteiger partial charge is 0.192 e. The third-order valence-electron chi connectivity index (χ3n) is 5.67. The number of aliphatic hydroxyl groups is 2. The number of likely N-dealkylation sites (tertiary alicyclic amines) is 1. The molecule has 0 aliphatic carbocycles. The molecule has 2 aliphatic heterocycles. The average molecular weight is 437 g/mol. The summed E-state index contributed by atoms with van der Waals surface area (Å²) in [6, 6.07) is 10.2. The highest BCUT2D eigenvalue weighted by Gasteiger charge is 2.38. The van der Waals surface area contributed by atoms with Crippen molar-refractivity contribution in [1.82, 2.24) is 9.47 Å². The van der Waals surface area contributed by atoms with Crippen molar-refractivity contribution in [3.63, 3.8) is 0 Å². The molecule has 8 nitrogen and oxygen atoms in total. The Balaban J connectivity index is 0.00000256. The van der Waals surface area contributed by atoms with E-state index in [0.717, 1.165) is 28.9 Å². The second kappa shape index (κ2) is 10.4. The number of anilines is 1. The maximum absolute atomic E-state index is 9.59. The van der Waals surface area contributed by atoms with Gasteiger partial charge in [-0.2, -0.15) is 0 Å². The Morgan fingerprint density at radius 1 is 1.17 bits per heavy atom. The topological polar surface area (TPSA) is 91.5 Å². The SMILES string of the molecule is COC1N=CNc2c(CN3[C@H](CO)C[C@H]3CO)cn(COCc3ccccc3)c21.Cl. The second-order valence-electron chi connectivity index (χ2n) is 7.44. The van der Waals surface area contributed by atoms with E-state index in [-0.39, 0.29) is 37.7 Å². The van der Waals surface area contributed by atoms with Crippen molar-refractivity contribution < 1.29 is 19.7 Å². The summed E-state index contributed by atoms with van der Waals surface area (Å²) in [6.45, 7) is 1.70. The lowest BCUT2D eigenvalue weighted by atomic mass is 9.93. The highest BCUT2D eigenvalue weighted by molar-refractivity contribution is 5.85. The molecule has 1 fully saturated rings. The summed E-state index contributed by atoms with van der Waals surface area (Å²) in [5.74, 6) is 0. The van der Waals surface area contributed by atoms with Crippen molar-refractivity contribution in [2.45, 2.75) is 44.6 Å². The lowest BCUT2D eigenvalue weighted by Gasteiger charge is -2.47. The fourth-order valence-corrected chi connectivity index (χ4v) is 4.10. The van der Waals surface area contributed by atoms with Crippen LogP contribution < -0.4 is 5.32 Å². The zero-order valence-electron chi connectivity index (χ0n) is 17.0. The van der Waals surface area contributed by atoms with E-state index in [1.807, 2.05) is 41.1 Å². The Labute approximate surface area is 182 Å². The number of aliphatic imine (C=N–C) groups is 1. The molecule has 0 radical (unpaired) electrons. The summed E-state index contributed by atoms with van der Waals surface area (Å²) in [4.78, 5) is 6.52. The molecule has 1 aromatic heterocycles. The van der Waals surface area contributed by atoms with Gasteiger partial charge in [0.05, 0.1) is 37.5 Å². The van der Waals surface area contributed by atoms with Crippen molar-refractivity contribution in [2.75, 3.05) is 25.6 Å². The lowest BCUT2D eigenvalue weighted by Crippen LogP contribution is -2.58. The zero-order valence-corrected chi connectivity index (χ0v) is 17.8. The predicted octanol–water partition coefficient (Wildman–Crippen LogP) is 2.11. The maximum atomic E-state index is 9.59. The van der Waals surface area contributed by atoms with Gasteiger partial charge in [-0.25, -0.2) is 4.99 Å². The number of rotatable bonds is 9. The normalized spacial score (nSPS) is 22.7. The fraction of sp³-hybridized carbons (Fsp3) is 0.476. The number of hydrogen-bond acceptors (Lipinski definition) is 7. The van der Waals surface area contributed by atoms with Gasteiger partial charge in [0.15, 0.2) is 6.23 Å². The minimum Gasteiger partial charge on any atom is -0.395 e. The highest BCUT2D eigenvalue weighted by Crippen LogP contribution is 2.37. The van der Waals surface area contributed by atoms with E-state index < -0.39 is 6.23 Å². The molecule has 0 bridgehead atoms. The van der Waals surface area contributed by atoms with Crippen molar-refractivity contribution in [1.29, 1.82) is 0 Å². The molecular weight excluding hydrogens is 408 g/mol. The van der Waals surface area contributed by atoms with Crippen LogP contribution in [0.25, 0.3) is 0 Å². The molecule has 3 heterocycles. The van der Waals surface area contributed by atoms with Gasteiger partial charge in [-0.15, -0.1) is 12.4 Å². The summed E-state index contributed by atoms with van der Waals surface area (Å²) in [5, 5.41) is 22.4. The first-order valence-electron chi connectivity index (χ1n) is 9.87. The molecule has 1 saturated heterocycles. The van der Waals surface area contributed by atoms with E-state index >= 15 is 0 Å². The van der Waals surface area contributed by atoms with Gasteiger partial charge in [0.1, 0.15) is 6.73 Å². The van der Waals surface area contributed by atoms with Crippen LogP contribution in [0.5, 0.6) is 0 Å². The van der Waals surface area contributed by atoms with Crippen molar-refractivity contribution in [3.8, 4) is 0 Å². The van der Waals surface area contributed by atoms with Crippen LogP contribution in [-0.4, -0.2) is 58.4 Å². The molecule has 2 aromatic rings. The highest BCUT2D eigenvalue weighted by atomic mass is 35.5. The predicted molar refractivity (Wildman–Crippen MR) is 117 cm³/mol. The van der Waals surface area contributed by atoms with Gasteiger partial charge in [0.2, 0.25) is 0 Å². The van der Waals surface area contributed by atoms with Crippen molar-refractivity contribution in [3.05, 3.63) is 53.3 Å². The Bertz CT molecular complexity index is 835. The van der Waals surface area contributed by atoms with E-state index in [1.54, 1.807) is 13.4 Å². The van der Waals surface area contributed by atoms with Gasteiger partial charge in [0, 0.05) is 37.5 Å². The minimum absolute atomic E-state index is 0. The number of benzene rings is 1. The van der Waals surface area contributed by atoms with Crippen LogP contribution in [0.2, 0.25) is 0 Å². The molecule has 0 amide bonds. The molecule has 30 heavy (non-hydrogen) atoms. The second-order valence-corrected chi connectivity index (χ2v) is 7.44. The molecule has 2 aliphatic rings. The number of methoxy groups -OCH3 is 1. The van der Waals surface area contributed by atoms with E-state index in [9.17, 15) is 10.2 Å². The third-order valence-corrected chi connectivity index (χ3v) is 5.67. The first-order chi connectivity index (χ1) is 14.2. The monoisotopic (exact) mass is 436 g/mol. The number of nitrogens with zero attached hydrogens (tertiary/aromatic N) is 3. The van der Waals surface area contributed by atoms with Gasteiger partial charge in [-0.3, -0.25) is 4.90 Å². The standard InChI is InChI=1S/C21H28N4O4.ClH/c1-28-21-20-19(22-13-23-21)16(9-25-17(10-26)7-18(25)11-27)8-24(20)14-29-12-15-5-3-2-4-6-15;/h2-6,8,13,17-18,21,26-27H,7,9-12,14H2,1H3,(H,22,23);1H/t17-,18-,21?;/m0./s1. The van der Waals surface area contributed by atoms with Gasteiger partial charge in [-0.05, 0) is 12.0 Å². The first-order valence-corrected chi connectivity index (χ1v) is 9.87. The Morgan fingerprint density at radius 3 is 2.57 bits per heavy atom. The molecule has 1 aromatic carbocycles. The van der Waals surface area contributed by atoms with Crippen LogP contribution in [-0.2, 0) is 29.4 Å². The van der Waals surface area contributed by atoms with Gasteiger partial charge >= 0.3 is 0 Å². The van der Waals surface area contributed by atoms with Crippen LogP contribution in [0.1, 0.15) is 29.5 Å². The van der Waals surface area contributed by atoms with E-state index in [1.165, 1.54) is 0 Å². The third kappa shape index (κ3) is 4.54. The molecule has 3 atom stereocenters. The van der Waals surface area contributed by atoms with Gasteiger partial charge < -0.3 is 29.6 Å². The largest absolute Gasteiger partial charge is 0.395 e. The summed E-state index contributed by atoms with van der Waals surface area (Å²) in [6.07, 6.45) is 4.10. The number of halogens is 1. The molecule has 3 N–H and O–H groups in total. The summed E-state index contributed by atoms with van der Waals surface area (Å²) >= 11 is 0. The molecule has 0 spiro atoms. The Hall–Kier alpha value is -1.94. The minimum atomic E-state index is -0.404. The molecule has 1 unspecified atom stereocenters. The number of nitrogens with one attached hydrogen (secondary N) is 1. The van der Waals surface area contributed by atoms with Gasteiger partial charge in [0.25, 0.3) is 0 Å². The van der Waals surface area contributed by atoms with Crippen LogP contribution >= 0.6 is 12.4 Å². The molecule has 9 heteroatoms. The van der Waals surface area contributed by atoms with E-state index in [0.29, 0.717) is 19.9 Å². The summed E-state index contributed by atoms with van der Waals surface area (Å²) in [7, 11) is 1.64. The number of aromatic nitrogens is 1. The Morgan fingerprint density at radius 2 is 1.90 bits per heavy atom. The Kier molecular flexibility index (Phi) is 7.87. The van der Waals surface area contributed by atoms with E-state index in [4.69, 9.17) is 9.47 Å². The zero-order chi connectivity index (χ0) is 20.2. The van der Waals surface area contributed by atoms with Crippen LogP contribution in [0.15, 0.2) is 41.5 Å². The van der Waals surface area contributed by atoms with Crippen LogP contribution in [0.3, 0.4) is 0 Å². The first kappa shape index (κ1) is 22.7. The van der Waals surface area contributed by atoms with Crippen molar-refractivity contribution >= 4 is 24.4 Å². The summed E-state index contributed by atoms with van der Waals surface area (Å²) < 4.78 is 13.5. The van der Waals surface area contributed by atoms with E-state index in [2.05, 4.69) is 15.2 Å². The van der Waals surface area contributed by atoms with Crippen LogP contribution in [0.4, 0.5) is 5.69 Å². The van der Waals surface area contributed by atoms with Crippen molar-refractivity contribution in [2.24, 2.45) is 4.99 Å². The molecular formula is C21H29ClN4O4. The number of ether oxygens (including phenoxy) is 2. The average Bonchev–Trinajstić information content (AvgIpc) is 3.10. The quantitative estimate of drug-likeness (QED) is 0.557. The molecule has 0 saturated carbocycles. The molecule has 164 valence electrons. The fourth-order valence-electron chi connectivity index (χ4n) is 4.10. The number of hydrogen-bond donors (Lipinski definition) is 3. The summed E-state index contributed by atoms with van der Waals surface area (Å²) in [5.41, 5.74) is 4.05. The number of aliphatic hydroxyl groups excluding tert-OH is 2. The lowest BCUT2D eigenvalue weighted by molar-refractivity contribution is -0.0474. The maximum Gasteiger partial charge on any atom is 0.192 e. The van der Waals surface area contributed by atoms with Crippen LogP contribution in [0, 0.1) is 0 Å². The molecule has 4 rings (SSSR count). The van der Waals surface area contributed by atoms with Gasteiger partial charge in [-0.1, -0.05) is 30.3 Å².